The highest BCUT2D eigenvalue weighted by molar-refractivity contribution is 7.99. The number of nitrogens with two attached hydrogens (primary N) is 1. The second-order valence-electron chi connectivity index (χ2n) is 4.69. The molecular formula is C14H19NO4S. The minimum Gasteiger partial charge on any atom is -0.493 e. The largest absolute Gasteiger partial charge is 0.493 e. The van der Waals surface area contributed by atoms with Crippen molar-refractivity contribution in [1.82, 2.24) is 0 Å². The van der Waals surface area contributed by atoms with E-state index >= 15 is 0 Å². The lowest BCUT2D eigenvalue weighted by Gasteiger charge is -2.20. The predicted octanol–water partition coefficient (Wildman–Crippen LogP) is 2.05. The lowest BCUT2D eigenvalue weighted by Crippen LogP contribution is -2.18. The fourth-order valence-electron chi connectivity index (χ4n) is 2.22. The number of benzene rings is 1. The molecule has 1 aromatic carbocycles. The summed E-state index contributed by atoms with van der Waals surface area (Å²) in [4.78, 5) is 10.8. The summed E-state index contributed by atoms with van der Waals surface area (Å²) >= 11 is 1.87. The first-order chi connectivity index (χ1) is 9.61. The van der Waals surface area contributed by atoms with Gasteiger partial charge in [0.15, 0.2) is 11.5 Å². The van der Waals surface area contributed by atoms with Crippen LogP contribution in [0.5, 0.6) is 11.5 Å². The van der Waals surface area contributed by atoms with Gasteiger partial charge in [-0.2, -0.15) is 11.8 Å². The third-order valence-electron chi connectivity index (χ3n) is 3.19. The van der Waals surface area contributed by atoms with Crippen LogP contribution in [-0.4, -0.2) is 35.8 Å². The molecular weight excluding hydrogens is 278 g/mol. The first-order valence-corrected chi connectivity index (χ1v) is 7.66. The molecule has 0 saturated carbocycles. The van der Waals surface area contributed by atoms with E-state index in [-0.39, 0.29) is 12.5 Å². The van der Waals surface area contributed by atoms with E-state index in [1.165, 1.54) is 0 Å². The molecule has 1 saturated heterocycles. The number of hydrogen-bond donors (Lipinski definition) is 2. The fourth-order valence-corrected chi connectivity index (χ4v) is 3.31. The summed E-state index contributed by atoms with van der Waals surface area (Å²) in [5.41, 5.74) is 6.59. The zero-order valence-electron chi connectivity index (χ0n) is 11.4. The molecule has 0 aromatic heterocycles. The SMILES string of the molecule is COc1c(OC2CCSC2)cccc1C(N)CC(=O)O. The van der Waals surface area contributed by atoms with Gasteiger partial charge in [-0.1, -0.05) is 12.1 Å². The van der Waals surface area contributed by atoms with Gasteiger partial charge in [0.1, 0.15) is 6.10 Å². The van der Waals surface area contributed by atoms with Gasteiger partial charge >= 0.3 is 5.97 Å². The Hall–Kier alpha value is -1.40. The van der Waals surface area contributed by atoms with Crippen molar-refractivity contribution in [2.45, 2.75) is 25.0 Å². The lowest BCUT2D eigenvalue weighted by atomic mass is 10.0. The first kappa shape index (κ1) is 15.0. The summed E-state index contributed by atoms with van der Waals surface area (Å²) in [5.74, 6) is 2.31. The maximum absolute atomic E-state index is 10.8. The van der Waals surface area contributed by atoms with E-state index in [0.29, 0.717) is 17.1 Å². The minimum atomic E-state index is -0.932. The average molecular weight is 297 g/mol. The van der Waals surface area contributed by atoms with Crippen molar-refractivity contribution in [1.29, 1.82) is 0 Å². The van der Waals surface area contributed by atoms with Gasteiger partial charge in [-0.05, 0) is 18.2 Å². The summed E-state index contributed by atoms with van der Waals surface area (Å²) in [7, 11) is 1.54. The number of hydrogen-bond acceptors (Lipinski definition) is 5. The van der Waals surface area contributed by atoms with Crippen molar-refractivity contribution in [3.63, 3.8) is 0 Å². The number of para-hydroxylation sites is 1. The lowest BCUT2D eigenvalue weighted by molar-refractivity contribution is -0.137. The van der Waals surface area contributed by atoms with Gasteiger partial charge in [0.2, 0.25) is 0 Å². The van der Waals surface area contributed by atoms with E-state index in [9.17, 15) is 4.79 Å². The molecule has 3 N–H and O–H groups in total. The van der Waals surface area contributed by atoms with Crippen LogP contribution in [0.25, 0.3) is 0 Å². The molecule has 1 aliphatic rings. The molecule has 0 radical (unpaired) electrons. The zero-order valence-corrected chi connectivity index (χ0v) is 12.2. The predicted molar refractivity (Wildman–Crippen MR) is 78.5 cm³/mol. The maximum atomic E-state index is 10.8. The summed E-state index contributed by atoms with van der Waals surface area (Å²) in [6, 6.07) is 4.82. The van der Waals surface area contributed by atoms with Gasteiger partial charge < -0.3 is 20.3 Å². The number of carboxylic acid groups (broad SMARTS) is 1. The topological polar surface area (TPSA) is 81.8 Å². The van der Waals surface area contributed by atoms with Crippen LogP contribution in [0, 0.1) is 0 Å². The molecule has 2 rings (SSSR count). The molecule has 0 bridgehead atoms. The van der Waals surface area contributed by atoms with E-state index in [4.69, 9.17) is 20.3 Å². The van der Waals surface area contributed by atoms with Gasteiger partial charge in [-0.15, -0.1) is 0 Å². The average Bonchev–Trinajstić information content (AvgIpc) is 2.90. The van der Waals surface area contributed by atoms with Crippen LogP contribution >= 0.6 is 11.8 Å². The van der Waals surface area contributed by atoms with E-state index in [2.05, 4.69) is 0 Å². The Morgan fingerprint density at radius 1 is 1.60 bits per heavy atom. The molecule has 20 heavy (non-hydrogen) atoms. The Morgan fingerprint density at radius 3 is 3.00 bits per heavy atom. The Balaban J connectivity index is 2.21. The van der Waals surface area contributed by atoms with Gasteiger partial charge in [-0.25, -0.2) is 0 Å². The van der Waals surface area contributed by atoms with Crippen LogP contribution in [0.2, 0.25) is 0 Å². The summed E-state index contributed by atoms with van der Waals surface area (Å²) in [6.07, 6.45) is 1.05. The first-order valence-electron chi connectivity index (χ1n) is 6.50. The molecule has 1 aliphatic heterocycles. The quantitative estimate of drug-likeness (QED) is 0.836. The normalized spacial score (nSPS) is 19.6. The molecule has 6 heteroatoms. The molecule has 0 aliphatic carbocycles. The van der Waals surface area contributed by atoms with Crippen LogP contribution in [0.15, 0.2) is 18.2 Å². The monoisotopic (exact) mass is 297 g/mol. The molecule has 2 unspecified atom stereocenters. The van der Waals surface area contributed by atoms with Crippen molar-refractivity contribution >= 4 is 17.7 Å². The number of carbonyl (C=O) groups is 1. The Morgan fingerprint density at radius 2 is 2.40 bits per heavy atom. The second-order valence-corrected chi connectivity index (χ2v) is 5.84. The molecule has 2 atom stereocenters. The highest BCUT2D eigenvalue weighted by Crippen LogP contribution is 2.36. The smallest absolute Gasteiger partial charge is 0.305 e. The second kappa shape index (κ2) is 6.85. The summed E-state index contributed by atoms with van der Waals surface area (Å²) in [6.45, 7) is 0. The standard InChI is InChI=1S/C14H19NO4S/c1-18-14-10(11(15)7-13(16)17)3-2-4-12(14)19-9-5-6-20-8-9/h2-4,9,11H,5-8,15H2,1H3,(H,16,17). The molecule has 110 valence electrons. The molecule has 1 heterocycles. The van der Waals surface area contributed by atoms with Crippen molar-refractivity contribution in [2.24, 2.45) is 5.73 Å². The van der Waals surface area contributed by atoms with Crippen LogP contribution in [0.1, 0.15) is 24.4 Å². The molecule has 0 spiro atoms. The minimum absolute atomic E-state index is 0.140. The van der Waals surface area contributed by atoms with Crippen LogP contribution in [-0.2, 0) is 4.79 Å². The third-order valence-corrected chi connectivity index (χ3v) is 4.32. The third kappa shape index (κ3) is 3.58. The number of aliphatic carboxylic acids is 1. The number of carboxylic acids is 1. The number of methoxy groups -OCH3 is 1. The zero-order chi connectivity index (χ0) is 14.5. The molecule has 1 aromatic rings. The number of thioether (sulfide) groups is 1. The number of ether oxygens (including phenoxy) is 2. The summed E-state index contributed by atoms with van der Waals surface area (Å²) in [5, 5.41) is 8.85. The highest BCUT2D eigenvalue weighted by Gasteiger charge is 2.22. The Bertz CT molecular complexity index is 474. The van der Waals surface area contributed by atoms with Crippen molar-refractivity contribution in [3.05, 3.63) is 23.8 Å². The number of rotatable bonds is 6. The van der Waals surface area contributed by atoms with Gasteiger partial charge in [0, 0.05) is 17.4 Å². The Labute approximate surface area is 122 Å². The van der Waals surface area contributed by atoms with Crippen molar-refractivity contribution < 1.29 is 19.4 Å². The van der Waals surface area contributed by atoms with Gasteiger partial charge in [0.05, 0.1) is 13.5 Å². The van der Waals surface area contributed by atoms with Crippen molar-refractivity contribution in [2.75, 3.05) is 18.6 Å². The van der Waals surface area contributed by atoms with E-state index < -0.39 is 12.0 Å². The van der Waals surface area contributed by atoms with E-state index in [0.717, 1.165) is 17.9 Å². The van der Waals surface area contributed by atoms with Crippen LogP contribution in [0.3, 0.4) is 0 Å². The fraction of sp³-hybridized carbons (Fsp3) is 0.500. The maximum Gasteiger partial charge on any atom is 0.305 e. The van der Waals surface area contributed by atoms with Gasteiger partial charge in [0.25, 0.3) is 0 Å². The molecule has 0 amide bonds. The Kier molecular flexibility index (Phi) is 5.14. The van der Waals surface area contributed by atoms with Crippen molar-refractivity contribution in [3.8, 4) is 11.5 Å². The van der Waals surface area contributed by atoms with Crippen LogP contribution < -0.4 is 15.2 Å². The van der Waals surface area contributed by atoms with Crippen LogP contribution in [0.4, 0.5) is 0 Å². The highest BCUT2D eigenvalue weighted by atomic mass is 32.2. The molecule has 1 fully saturated rings. The molecule has 5 nitrogen and oxygen atoms in total. The summed E-state index contributed by atoms with van der Waals surface area (Å²) < 4.78 is 11.3. The van der Waals surface area contributed by atoms with Gasteiger partial charge in [-0.3, -0.25) is 4.79 Å². The van der Waals surface area contributed by atoms with E-state index in [1.807, 2.05) is 23.9 Å². The van der Waals surface area contributed by atoms with E-state index in [1.54, 1.807) is 13.2 Å².